The number of unbranched alkanes of at least 4 members (excludes halogenated alkanes) is 2. The van der Waals surface area contributed by atoms with Crippen LogP contribution in [0.1, 0.15) is 44.9 Å². The molecule has 142 valence electrons. The van der Waals surface area contributed by atoms with Crippen molar-refractivity contribution in [2.45, 2.75) is 68.3 Å². The van der Waals surface area contributed by atoms with Gasteiger partial charge in [-0.05, 0) is 32.1 Å². The van der Waals surface area contributed by atoms with Gasteiger partial charge in [0, 0.05) is 24.0 Å². The fourth-order valence-electron chi connectivity index (χ4n) is 3.20. The highest BCUT2D eigenvalue weighted by atomic mass is 32.2. The number of carboxylic acid groups (broad SMARTS) is 1. The first-order valence-corrected chi connectivity index (χ1v) is 9.96. The Balaban J connectivity index is 1.46. The monoisotopic (exact) mass is 372 g/mol. The Kier molecular flexibility index (Phi) is 7.83. The number of hydrogen-bond acceptors (Lipinski definition) is 5. The third-order valence-electron chi connectivity index (χ3n) is 4.66. The van der Waals surface area contributed by atoms with Crippen LogP contribution in [0.25, 0.3) is 0 Å². The summed E-state index contributed by atoms with van der Waals surface area (Å²) in [5.41, 5.74) is 5.42. The van der Waals surface area contributed by atoms with Crippen molar-refractivity contribution in [3.8, 4) is 0 Å². The van der Waals surface area contributed by atoms with Crippen molar-refractivity contribution < 1.29 is 19.5 Å². The molecule has 0 radical (unpaired) electrons. The number of hydrogen-bond donors (Lipinski definition) is 5. The lowest BCUT2D eigenvalue weighted by Gasteiger charge is -2.16. The molecule has 2 aliphatic rings. The van der Waals surface area contributed by atoms with E-state index in [1.54, 1.807) is 0 Å². The van der Waals surface area contributed by atoms with Crippen LogP contribution in [0.4, 0.5) is 4.79 Å². The largest absolute Gasteiger partial charge is 0.480 e. The number of carboxylic acids is 1. The molecule has 0 aromatic rings. The zero-order valence-electron chi connectivity index (χ0n) is 14.3. The van der Waals surface area contributed by atoms with Gasteiger partial charge in [0.15, 0.2) is 0 Å². The van der Waals surface area contributed by atoms with E-state index in [1.807, 2.05) is 11.8 Å². The molecule has 0 aromatic carbocycles. The Hall–Kier alpha value is -1.48. The summed E-state index contributed by atoms with van der Waals surface area (Å²) in [6.07, 6.45) is 5.18. The quantitative estimate of drug-likeness (QED) is 0.263. The number of carbonyl (C=O) groups excluding carboxylic acids is 2. The summed E-state index contributed by atoms with van der Waals surface area (Å²) in [5, 5.41) is 17.9. The Morgan fingerprint density at radius 1 is 1.28 bits per heavy atom. The van der Waals surface area contributed by atoms with Gasteiger partial charge in [0.1, 0.15) is 6.04 Å². The number of fused-ring (bicyclic) bond motifs is 1. The Bertz CT molecular complexity index is 491. The molecule has 3 amide bonds. The van der Waals surface area contributed by atoms with Crippen LogP contribution in [0.3, 0.4) is 0 Å². The molecular formula is C16H28N4O4S. The number of aliphatic carboxylic acids is 1. The molecule has 0 bridgehead atoms. The van der Waals surface area contributed by atoms with Gasteiger partial charge in [0.05, 0.1) is 12.1 Å². The SMILES string of the molecule is NC(CCCCNC(=O)CCCCC1SC[C@@H]2NC(=O)N[C@H]12)C(=O)O. The van der Waals surface area contributed by atoms with Gasteiger partial charge in [-0.25, -0.2) is 4.79 Å². The molecule has 8 nitrogen and oxygen atoms in total. The van der Waals surface area contributed by atoms with E-state index in [0.717, 1.165) is 31.4 Å². The number of nitrogens with two attached hydrogens (primary N) is 1. The summed E-state index contributed by atoms with van der Waals surface area (Å²) in [7, 11) is 0. The van der Waals surface area contributed by atoms with E-state index in [4.69, 9.17) is 10.8 Å². The van der Waals surface area contributed by atoms with Gasteiger partial charge >= 0.3 is 12.0 Å². The predicted octanol–water partition coefficient (Wildman–Crippen LogP) is 0.411. The molecule has 2 aliphatic heterocycles. The minimum Gasteiger partial charge on any atom is -0.480 e. The molecule has 2 rings (SSSR count). The second kappa shape index (κ2) is 9.86. The van der Waals surface area contributed by atoms with Crippen molar-refractivity contribution in [1.82, 2.24) is 16.0 Å². The van der Waals surface area contributed by atoms with Crippen LogP contribution in [0, 0.1) is 0 Å². The highest BCUT2D eigenvalue weighted by Gasteiger charge is 2.42. The molecule has 0 saturated carbocycles. The van der Waals surface area contributed by atoms with E-state index in [-0.39, 0.29) is 24.0 Å². The zero-order chi connectivity index (χ0) is 18.2. The first kappa shape index (κ1) is 19.8. The molecule has 6 N–H and O–H groups in total. The van der Waals surface area contributed by atoms with Crippen molar-refractivity contribution >= 4 is 29.7 Å². The summed E-state index contributed by atoms with van der Waals surface area (Å²) < 4.78 is 0. The van der Waals surface area contributed by atoms with Gasteiger partial charge in [0.25, 0.3) is 0 Å². The third kappa shape index (κ3) is 6.39. The lowest BCUT2D eigenvalue weighted by molar-refractivity contribution is -0.138. The second-order valence-electron chi connectivity index (χ2n) is 6.66. The van der Waals surface area contributed by atoms with Gasteiger partial charge in [0.2, 0.25) is 5.91 Å². The minimum absolute atomic E-state index is 0.0373. The first-order valence-electron chi connectivity index (χ1n) is 8.91. The molecular weight excluding hydrogens is 344 g/mol. The maximum absolute atomic E-state index is 11.8. The van der Waals surface area contributed by atoms with Crippen molar-refractivity contribution in [1.29, 1.82) is 0 Å². The Morgan fingerprint density at radius 2 is 2.08 bits per heavy atom. The summed E-state index contributed by atoms with van der Waals surface area (Å²) >= 11 is 1.89. The summed E-state index contributed by atoms with van der Waals surface area (Å²) in [6, 6.07) is -0.406. The number of urea groups is 1. The predicted molar refractivity (Wildman–Crippen MR) is 96.4 cm³/mol. The lowest BCUT2D eigenvalue weighted by Crippen LogP contribution is -2.36. The molecule has 2 saturated heterocycles. The fourth-order valence-corrected chi connectivity index (χ4v) is 4.75. The molecule has 4 atom stereocenters. The first-order chi connectivity index (χ1) is 12.0. The zero-order valence-corrected chi connectivity index (χ0v) is 15.1. The van der Waals surface area contributed by atoms with Crippen LogP contribution in [-0.2, 0) is 9.59 Å². The number of thioether (sulfide) groups is 1. The molecule has 2 heterocycles. The summed E-state index contributed by atoms with van der Waals surface area (Å²) in [6.45, 7) is 0.561. The summed E-state index contributed by atoms with van der Waals surface area (Å²) in [4.78, 5) is 33.7. The van der Waals surface area contributed by atoms with Crippen LogP contribution in [-0.4, -0.2) is 58.7 Å². The van der Waals surface area contributed by atoms with E-state index in [2.05, 4.69) is 16.0 Å². The molecule has 0 spiro atoms. The van der Waals surface area contributed by atoms with Crippen molar-refractivity contribution in [3.63, 3.8) is 0 Å². The van der Waals surface area contributed by atoms with E-state index in [9.17, 15) is 14.4 Å². The highest BCUT2D eigenvalue weighted by Crippen LogP contribution is 2.33. The topological polar surface area (TPSA) is 134 Å². The highest BCUT2D eigenvalue weighted by molar-refractivity contribution is 8.00. The van der Waals surface area contributed by atoms with Gasteiger partial charge < -0.3 is 26.8 Å². The third-order valence-corrected chi connectivity index (χ3v) is 6.17. The van der Waals surface area contributed by atoms with Crippen LogP contribution in [0.15, 0.2) is 0 Å². The Labute approximate surface area is 152 Å². The molecule has 9 heteroatoms. The van der Waals surface area contributed by atoms with Gasteiger partial charge in [-0.3, -0.25) is 9.59 Å². The van der Waals surface area contributed by atoms with Gasteiger partial charge in [-0.1, -0.05) is 6.42 Å². The van der Waals surface area contributed by atoms with Gasteiger partial charge in [-0.15, -0.1) is 0 Å². The van der Waals surface area contributed by atoms with E-state index >= 15 is 0 Å². The average Bonchev–Trinajstić information content (AvgIpc) is 3.10. The van der Waals surface area contributed by atoms with Crippen molar-refractivity contribution in [3.05, 3.63) is 0 Å². The number of amides is 3. The molecule has 2 unspecified atom stereocenters. The van der Waals surface area contributed by atoms with Crippen LogP contribution in [0.2, 0.25) is 0 Å². The van der Waals surface area contributed by atoms with Crippen LogP contribution < -0.4 is 21.7 Å². The average molecular weight is 372 g/mol. The van der Waals surface area contributed by atoms with E-state index in [1.165, 1.54) is 0 Å². The minimum atomic E-state index is -0.983. The van der Waals surface area contributed by atoms with Crippen LogP contribution >= 0.6 is 11.8 Å². The molecule has 0 aromatic heterocycles. The second-order valence-corrected chi connectivity index (χ2v) is 7.93. The molecule has 2 fully saturated rings. The summed E-state index contributed by atoms with van der Waals surface area (Å²) in [5.74, 6) is 0.0131. The molecule has 0 aliphatic carbocycles. The fraction of sp³-hybridized carbons (Fsp3) is 0.812. The van der Waals surface area contributed by atoms with Crippen molar-refractivity contribution in [2.75, 3.05) is 12.3 Å². The van der Waals surface area contributed by atoms with E-state index < -0.39 is 12.0 Å². The van der Waals surface area contributed by atoms with Crippen LogP contribution in [0.5, 0.6) is 0 Å². The maximum atomic E-state index is 11.8. The Morgan fingerprint density at radius 3 is 2.84 bits per heavy atom. The molecule has 25 heavy (non-hydrogen) atoms. The number of carbonyl (C=O) groups is 3. The maximum Gasteiger partial charge on any atom is 0.320 e. The normalized spacial score (nSPS) is 25.8. The lowest BCUT2D eigenvalue weighted by atomic mass is 10.0. The smallest absolute Gasteiger partial charge is 0.320 e. The number of rotatable bonds is 11. The number of nitrogens with one attached hydrogen (secondary N) is 3. The van der Waals surface area contributed by atoms with Gasteiger partial charge in [-0.2, -0.15) is 11.8 Å². The standard InChI is InChI=1S/C16H28N4O4S/c17-10(15(22)23)5-3-4-8-18-13(21)7-2-1-6-12-14-11(9-25-12)19-16(24)20-14/h10-12,14H,1-9,17H2,(H,18,21)(H,22,23)(H2,19,20,24)/t10?,11-,12?,14-/m0/s1. The van der Waals surface area contributed by atoms with Crippen molar-refractivity contribution in [2.24, 2.45) is 5.73 Å². The van der Waals surface area contributed by atoms with E-state index in [0.29, 0.717) is 31.1 Å².